The van der Waals surface area contributed by atoms with Gasteiger partial charge in [0.15, 0.2) is 0 Å². The van der Waals surface area contributed by atoms with E-state index in [-0.39, 0.29) is 26.4 Å². The molecular weight excluding hydrogens is 329 g/mol. The van der Waals surface area contributed by atoms with Gasteiger partial charge in [-0.15, -0.1) is 0 Å². The lowest BCUT2D eigenvalue weighted by molar-refractivity contribution is 0.0963. The number of nitrogens with zero attached hydrogens (tertiary/aromatic N) is 1. The first-order valence-corrected chi connectivity index (χ1v) is 7.85. The van der Waals surface area contributed by atoms with E-state index in [1.807, 2.05) is 0 Å². The van der Waals surface area contributed by atoms with Crippen LogP contribution in [0.25, 0.3) is 11.1 Å². The number of halogens is 1. The van der Waals surface area contributed by atoms with Crippen LogP contribution < -0.4 is 9.64 Å². The van der Waals surface area contributed by atoms with Crippen molar-refractivity contribution < 1.29 is 28.9 Å². The number of aliphatic hydroxyl groups is 2. The third-order valence-electron chi connectivity index (χ3n) is 3.87. The molecule has 0 aliphatic carbocycles. The number of benzene rings is 2. The fraction of sp³-hybridized carbons (Fsp3) is 0.278. The SMILES string of the molecule is O=C1OC(CO)CN1c1ccc(-c2ccc(OCCO)cc2)c(F)c1. The van der Waals surface area contributed by atoms with Crippen molar-refractivity contribution in [3.63, 3.8) is 0 Å². The van der Waals surface area contributed by atoms with Gasteiger partial charge in [0.05, 0.1) is 25.4 Å². The van der Waals surface area contributed by atoms with Crippen molar-refractivity contribution in [3.8, 4) is 16.9 Å². The minimum absolute atomic E-state index is 0.0755. The molecule has 1 atom stereocenters. The molecule has 1 aliphatic rings. The van der Waals surface area contributed by atoms with E-state index in [9.17, 15) is 9.18 Å². The molecule has 1 fully saturated rings. The fourth-order valence-corrected chi connectivity index (χ4v) is 2.63. The van der Waals surface area contributed by atoms with Crippen molar-refractivity contribution in [2.75, 3.05) is 31.3 Å². The van der Waals surface area contributed by atoms with Crippen LogP contribution in [0.5, 0.6) is 5.75 Å². The molecule has 132 valence electrons. The van der Waals surface area contributed by atoms with E-state index in [1.165, 1.54) is 11.0 Å². The van der Waals surface area contributed by atoms with Crippen molar-refractivity contribution >= 4 is 11.8 Å². The predicted octanol–water partition coefficient (Wildman–Crippen LogP) is 2.18. The minimum Gasteiger partial charge on any atom is -0.491 e. The molecule has 6 nitrogen and oxygen atoms in total. The maximum Gasteiger partial charge on any atom is 0.414 e. The number of cyclic esters (lactones) is 1. The summed E-state index contributed by atoms with van der Waals surface area (Å²) < 4.78 is 24.7. The number of carbonyl (C=O) groups excluding carboxylic acids is 1. The van der Waals surface area contributed by atoms with Gasteiger partial charge in [0.1, 0.15) is 24.3 Å². The first-order chi connectivity index (χ1) is 12.1. The maximum absolute atomic E-state index is 14.5. The van der Waals surface area contributed by atoms with E-state index in [1.54, 1.807) is 36.4 Å². The Balaban J connectivity index is 1.79. The Hall–Kier alpha value is -2.64. The number of hydrogen-bond acceptors (Lipinski definition) is 5. The molecule has 3 rings (SSSR count). The van der Waals surface area contributed by atoms with Crippen LogP contribution in [0.15, 0.2) is 42.5 Å². The number of ether oxygens (including phenoxy) is 2. The lowest BCUT2D eigenvalue weighted by Gasteiger charge is -2.14. The van der Waals surface area contributed by atoms with Gasteiger partial charge in [0.25, 0.3) is 0 Å². The average molecular weight is 347 g/mol. The zero-order valence-electron chi connectivity index (χ0n) is 13.4. The fourth-order valence-electron chi connectivity index (χ4n) is 2.63. The first-order valence-electron chi connectivity index (χ1n) is 7.85. The lowest BCUT2D eigenvalue weighted by atomic mass is 10.0. The van der Waals surface area contributed by atoms with E-state index >= 15 is 0 Å². The molecule has 0 spiro atoms. The van der Waals surface area contributed by atoms with Gasteiger partial charge in [-0.2, -0.15) is 0 Å². The highest BCUT2D eigenvalue weighted by molar-refractivity contribution is 5.90. The molecule has 2 N–H and O–H groups in total. The molecule has 7 heteroatoms. The largest absolute Gasteiger partial charge is 0.491 e. The van der Waals surface area contributed by atoms with Gasteiger partial charge >= 0.3 is 6.09 Å². The average Bonchev–Trinajstić information content (AvgIpc) is 3.01. The number of anilines is 1. The summed E-state index contributed by atoms with van der Waals surface area (Å²) in [6.07, 6.45) is -1.20. The Morgan fingerprint density at radius 1 is 1.20 bits per heavy atom. The Kier molecular flexibility index (Phi) is 5.16. The highest BCUT2D eigenvalue weighted by Crippen LogP contribution is 2.30. The van der Waals surface area contributed by atoms with E-state index < -0.39 is 18.0 Å². The molecule has 1 heterocycles. The molecule has 0 bridgehead atoms. The van der Waals surface area contributed by atoms with Crippen molar-refractivity contribution in [1.82, 2.24) is 0 Å². The van der Waals surface area contributed by atoms with Crippen LogP contribution in [0.1, 0.15) is 0 Å². The summed E-state index contributed by atoms with van der Waals surface area (Å²) in [4.78, 5) is 13.1. The number of hydrogen-bond donors (Lipinski definition) is 2. The Labute approximate surface area is 144 Å². The van der Waals surface area contributed by atoms with Crippen LogP contribution in [0.2, 0.25) is 0 Å². The van der Waals surface area contributed by atoms with Gasteiger partial charge < -0.3 is 19.7 Å². The van der Waals surface area contributed by atoms with Crippen LogP contribution in [0, 0.1) is 5.82 Å². The second-order valence-electron chi connectivity index (χ2n) is 5.56. The van der Waals surface area contributed by atoms with Crippen LogP contribution in [-0.2, 0) is 4.74 Å². The molecule has 2 aromatic carbocycles. The molecule has 0 saturated carbocycles. The quantitative estimate of drug-likeness (QED) is 0.837. The standard InChI is InChI=1S/C18H18FNO5/c19-17-9-13(20-10-15(11-22)25-18(20)23)3-6-16(17)12-1-4-14(5-2-12)24-8-7-21/h1-6,9,15,21-22H,7-8,10-11H2. The van der Waals surface area contributed by atoms with Crippen molar-refractivity contribution in [1.29, 1.82) is 0 Å². The topological polar surface area (TPSA) is 79.2 Å². The zero-order chi connectivity index (χ0) is 17.8. The van der Waals surface area contributed by atoms with Crippen LogP contribution >= 0.6 is 0 Å². The summed E-state index contributed by atoms with van der Waals surface area (Å²) in [6, 6.07) is 11.3. The van der Waals surface area contributed by atoms with E-state index in [2.05, 4.69) is 0 Å². The highest BCUT2D eigenvalue weighted by atomic mass is 19.1. The predicted molar refractivity (Wildman–Crippen MR) is 89.1 cm³/mol. The van der Waals surface area contributed by atoms with Gasteiger partial charge in [0, 0.05) is 5.56 Å². The van der Waals surface area contributed by atoms with E-state index in [0.717, 1.165) is 0 Å². The van der Waals surface area contributed by atoms with Gasteiger partial charge in [-0.05, 0) is 35.9 Å². The number of rotatable bonds is 6. The molecule has 0 aromatic heterocycles. The molecule has 1 aliphatic heterocycles. The molecular formula is C18H18FNO5. The van der Waals surface area contributed by atoms with E-state index in [4.69, 9.17) is 19.7 Å². The van der Waals surface area contributed by atoms with Gasteiger partial charge in [-0.1, -0.05) is 12.1 Å². The second kappa shape index (κ2) is 7.50. The zero-order valence-corrected chi connectivity index (χ0v) is 13.4. The molecule has 1 amide bonds. The summed E-state index contributed by atoms with van der Waals surface area (Å²) in [6.45, 7) is 0.0373. The number of carbonyl (C=O) groups is 1. The minimum atomic E-state index is -0.600. The van der Waals surface area contributed by atoms with Crippen LogP contribution in [0.3, 0.4) is 0 Å². The number of aliphatic hydroxyl groups excluding tert-OH is 2. The lowest BCUT2D eigenvalue weighted by Crippen LogP contribution is -2.25. The first kappa shape index (κ1) is 17.2. The molecule has 0 radical (unpaired) electrons. The van der Waals surface area contributed by atoms with Gasteiger partial charge in [-0.25, -0.2) is 9.18 Å². The summed E-state index contributed by atoms with van der Waals surface area (Å²) in [5.41, 5.74) is 1.44. The van der Waals surface area contributed by atoms with Crippen molar-refractivity contribution in [3.05, 3.63) is 48.3 Å². The van der Waals surface area contributed by atoms with E-state index in [0.29, 0.717) is 22.6 Å². The smallest absolute Gasteiger partial charge is 0.414 e. The third-order valence-corrected chi connectivity index (χ3v) is 3.87. The molecule has 1 unspecified atom stereocenters. The second-order valence-corrected chi connectivity index (χ2v) is 5.56. The Morgan fingerprint density at radius 2 is 1.96 bits per heavy atom. The Morgan fingerprint density at radius 3 is 2.56 bits per heavy atom. The van der Waals surface area contributed by atoms with Gasteiger partial charge in [-0.3, -0.25) is 4.90 Å². The summed E-state index contributed by atoms with van der Waals surface area (Å²) >= 11 is 0. The summed E-state index contributed by atoms with van der Waals surface area (Å²) in [5, 5.41) is 17.8. The monoisotopic (exact) mass is 347 g/mol. The van der Waals surface area contributed by atoms with Crippen LogP contribution in [0.4, 0.5) is 14.9 Å². The normalized spacial score (nSPS) is 16.8. The maximum atomic E-state index is 14.5. The van der Waals surface area contributed by atoms with Crippen molar-refractivity contribution in [2.24, 2.45) is 0 Å². The van der Waals surface area contributed by atoms with Crippen LogP contribution in [-0.4, -0.2) is 48.8 Å². The van der Waals surface area contributed by atoms with Gasteiger partial charge in [0.2, 0.25) is 0 Å². The molecule has 1 saturated heterocycles. The summed E-state index contributed by atoms with van der Waals surface area (Å²) in [7, 11) is 0. The molecule has 2 aromatic rings. The third kappa shape index (κ3) is 3.72. The summed E-state index contributed by atoms with van der Waals surface area (Å²) in [5.74, 6) is 0.117. The molecule has 25 heavy (non-hydrogen) atoms. The number of amides is 1. The highest BCUT2D eigenvalue weighted by Gasteiger charge is 2.32. The van der Waals surface area contributed by atoms with Crippen molar-refractivity contribution in [2.45, 2.75) is 6.10 Å². The Bertz CT molecular complexity index is 750.